The van der Waals surface area contributed by atoms with Gasteiger partial charge >= 0.3 is 6.03 Å². The number of likely N-dealkylation sites (tertiary alicyclic amines) is 2. The summed E-state index contributed by atoms with van der Waals surface area (Å²) in [5.74, 6) is 0.951. The molecule has 3 aromatic heterocycles. The zero-order valence-electron chi connectivity index (χ0n) is 24.5. The third-order valence-corrected chi connectivity index (χ3v) is 10.3. The number of aryl methyl sites for hydroxylation is 2. The number of carbonyl (C=O) groups excluding carboxylic acids is 1. The Bertz CT molecular complexity index is 1800. The molecule has 0 unspecified atom stereocenters. The Morgan fingerprint density at radius 1 is 1.09 bits per heavy atom. The van der Waals surface area contributed by atoms with Crippen molar-refractivity contribution in [2.45, 2.75) is 38.8 Å². The molecule has 0 atom stereocenters. The summed E-state index contributed by atoms with van der Waals surface area (Å²) < 4.78 is 2.10. The Kier molecular flexibility index (Phi) is 5.77. The minimum Gasteiger partial charge on any atom is -0.389 e. The molecule has 4 fully saturated rings. The SMILES string of the molecule is Cc1ccc(-c2nc(N(C)c3c4cc(N5CC6(CN(C(=O)N7CC(O)C7)C6)C5)c(C)nc4nn3C3CC3)sc2C#N)cc1. The highest BCUT2D eigenvalue weighted by Crippen LogP contribution is 2.47. The third kappa shape index (κ3) is 4.24. The lowest BCUT2D eigenvalue weighted by Gasteiger charge is -2.61. The van der Waals surface area contributed by atoms with E-state index in [1.165, 1.54) is 11.3 Å². The fourth-order valence-electron chi connectivity index (χ4n) is 6.69. The molecular formula is C31H33N9O2S. The molecule has 4 aliphatic rings. The van der Waals surface area contributed by atoms with Crippen molar-refractivity contribution < 1.29 is 9.90 Å². The van der Waals surface area contributed by atoms with Crippen LogP contribution in [-0.4, -0.2) is 93.1 Å². The van der Waals surface area contributed by atoms with Gasteiger partial charge in [-0.25, -0.2) is 19.4 Å². The molecule has 1 aliphatic carbocycles. The minimum absolute atomic E-state index is 0.0427. The topological polar surface area (TPSA) is 118 Å². The summed E-state index contributed by atoms with van der Waals surface area (Å²) in [5, 5.41) is 26.2. The number of aromatic nitrogens is 4. The fourth-order valence-corrected chi connectivity index (χ4v) is 7.54. The number of amides is 2. The maximum Gasteiger partial charge on any atom is 0.320 e. The lowest BCUT2D eigenvalue weighted by atomic mass is 9.72. The van der Waals surface area contributed by atoms with E-state index in [0.717, 1.165) is 83.5 Å². The molecule has 4 aromatic rings. The van der Waals surface area contributed by atoms with Crippen LogP contribution in [0, 0.1) is 30.6 Å². The highest BCUT2D eigenvalue weighted by atomic mass is 32.1. The summed E-state index contributed by atoms with van der Waals surface area (Å²) in [6.45, 7) is 8.25. The Hall–Kier alpha value is -4.21. The van der Waals surface area contributed by atoms with Crippen molar-refractivity contribution in [3.63, 3.8) is 0 Å². The average Bonchev–Trinajstić information content (AvgIpc) is 3.58. The van der Waals surface area contributed by atoms with E-state index in [1.807, 2.05) is 50.1 Å². The third-order valence-electron chi connectivity index (χ3n) is 9.22. The number of urea groups is 1. The lowest BCUT2D eigenvalue weighted by Crippen LogP contribution is -2.75. The standard InChI is InChI=1S/C31H33N9O2S/c1-18-4-6-20(7-5-18)26-25(11-32)43-29(34-26)36(3)28-23-10-24(19(2)33-27(23)35-40(28)21-8-9-21)38-14-31(15-38)16-39(17-31)30(42)37-12-22(41)13-37/h4-7,10,21-22,41H,8-9,12-17H2,1-3H3. The van der Waals surface area contributed by atoms with Crippen LogP contribution in [0.1, 0.15) is 35.0 Å². The molecule has 0 bridgehead atoms. The zero-order chi connectivity index (χ0) is 29.6. The van der Waals surface area contributed by atoms with E-state index < -0.39 is 0 Å². The van der Waals surface area contributed by atoms with Crippen LogP contribution in [0.15, 0.2) is 30.3 Å². The maximum atomic E-state index is 12.6. The van der Waals surface area contributed by atoms with Gasteiger partial charge in [0.05, 0.1) is 42.0 Å². The van der Waals surface area contributed by atoms with Crippen molar-refractivity contribution >= 4 is 45.0 Å². The van der Waals surface area contributed by atoms with E-state index in [0.29, 0.717) is 29.7 Å². The molecule has 220 valence electrons. The van der Waals surface area contributed by atoms with Gasteiger partial charge in [-0.1, -0.05) is 41.2 Å². The summed E-state index contributed by atoms with van der Waals surface area (Å²) in [5.41, 5.74) is 5.69. The van der Waals surface area contributed by atoms with E-state index in [2.05, 4.69) is 26.6 Å². The predicted molar refractivity (Wildman–Crippen MR) is 165 cm³/mol. The van der Waals surface area contributed by atoms with Crippen molar-refractivity contribution in [3.05, 3.63) is 46.5 Å². The van der Waals surface area contributed by atoms with Crippen molar-refractivity contribution in [2.24, 2.45) is 5.41 Å². The van der Waals surface area contributed by atoms with Gasteiger partial charge in [0.2, 0.25) is 0 Å². The van der Waals surface area contributed by atoms with Gasteiger partial charge in [0.15, 0.2) is 10.8 Å². The fraction of sp³-hybridized carbons (Fsp3) is 0.452. The van der Waals surface area contributed by atoms with Gasteiger partial charge in [-0.2, -0.15) is 10.4 Å². The molecule has 3 aliphatic heterocycles. The maximum absolute atomic E-state index is 12.6. The van der Waals surface area contributed by atoms with E-state index >= 15 is 0 Å². The number of β-amino-alcohol motifs (C(OH)–C–C–N with tert-alkyl or cyclic N) is 1. The number of hydrogen-bond acceptors (Lipinski definition) is 9. The number of benzene rings is 1. The molecule has 0 radical (unpaired) electrons. The number of anilines is 3. The number of nitrogens with zero attached hydrogens (tertiary/aromatic N) is 9. The smallest absolute Gasteiger partial charge is 0.320 e. The van der Waals surface area contributed by atoms with Crippen LogP contribution >= 0.6 is 11.3 Å². The van der Waals surface area contributed by atoms with Crippen LogP contribution in [0.25, 0.3) is 22.3 Å². The van der Waals surface area contributed by atoms with Crippen molar-refractivity contribution in [1.29, 1.82) is 5.26 Å². The van der Waals surface area contributed by atoms with Crippen LogP contribution in [-0.2, 0) is 0 Å². The largest absolute Gasteiger partial charge is 0.389 e. The quantitative estimate of drug-likeness (QED) is 0.367. The second kappa shape index (κ2) is 9.39. The van der Waals surface area contributed by atoms with Gasteiger partial charge < -0.3 is 24.7 Å². The van der Waals surface area contributed by atoms with Gasteiger partial charge in [0.25, 0.3) is 0 Å². The highest BCUT2D eigenvalue weighted by Gasteiger charge is 2.54. The predicted octanol–water partition coefficient (Wildman–Crippen LogP) is 4.06. The first-order valence-electron chi connectivity index (χ1n) is 14.8. The molecular weight excluding hydrogens is 562 g/mol. The second-order valence-electron chi connectivity index (χ2n) is 12.7. The first kappa shape index (κ1) is 26.4. The second-order valence-corrected chi connectivity index (χ2v) is 13.7. The van der Waals surface area contributed by atoms with Crippen LogP contribution < -0.4 is 9.80 Å². The summed E-state index contributed by atoms with van der Waals surface area (Å²) in [4.78, 5) is 31.2. The van der Waals surface area contributed by atoms with Gasteiger partial charge in [0.1, 0.15) is 22.5 Å². The number of carbonyl (C=O) groups is 1. The van der Waals surface area contributed by atoms with Gasteiger partial charge in [-0.05, 0) is 32.8 Å². The van der Waals surface area contributed by atoms with Gasteiger partial charge in [-0.15, -0.1) is 0 Å². The molecule has 43 heavy (non-hydrogen) atoms. The molecule has 11 nitrogen and oxygen atoms in total. The first-order valence-corrected chi connectivity index (χ1v) is 15.6. The summed E-state index contributed by atoms with van der Waals surface area (Å²) in [7, 11) is 2.00. The summed E-state index contributed by atoms with van der Waals surface area (Å²) in [6.07, 6.45) is 1.78. The first-order chi connectivity index (χ1) is 20.7. The van der Waals surface area contributed by atoms with E-state index in [4.69, 9.17) is 15.1 Å². The number of thiazole rings is 1. The van der Waals surface area contributed by atoms with Gasteiger partial charge in [0, 0.05) is 44.2 Å². The number of aliphatic hydroxyl groups is 1. The Morgan fingerprint density at radius 3 is 2.47 bits per heavy atom. The lowest BCUT2D eigenvalue weighted by molar-refractivity contribution is -0.0329. The van der Waals surface area contributed by atoms with E-state index in [9.17, 15) is 15.2 Å². The van der Waals surface area contributed by atoms with Crippen LogP contribution in [0.2, 0.25) is 0 Å². The normalized spacial score (nSPS) is 19.3. The van der Waals surface area contributed by atoms with Gasteiger partial charge in [-0.3, -0.25) is 0 Å². The highest BCUT2D eigenvalue weighted by molar-refractivity contribution is 7.16. The number of fused-ring (bicyclic) bond motifs is 1. The van der Waals surface area contributed by atoms with Crippen LogP contribution in [0.4, 0.5) is 21.4 Å². The Morgan fingerprint density at radius 2 is 1.81 bits per heavy atom. The van der Waals surface area contributed by atoms with Crippen molar-refractivity contribution in [1.82, 2.24) is 29.5 Å². The monoisotopic (exact) mass is 595 g/mol. The number of nitriles is 1. The molecule has 1 spiro atoms. The molecule has 3 saturated heterocycles. The molecule has 1 N–H and O–H groups in total. The molecule has 2 amide bonds. The molecule has 8 rings (SSSR count). The average molecular weight is 596 g/mol. The number of aliphatic hydroxyl groups excluding tert-OH is 1. The molecule has 6 heterocycles. The summed E-state index contributed by atoms with van der Waals surface area (Å²) in [6, 6.07) is 13.1. The number of pyridine rings is 1. The van der Waals surface area contributed by atoms with Crippen LogP contribution in [0.3, 0.4) is 0 Å². The van der Waals surface area contributed by atoms with E-state index in [-0.39, 0.29) is 17.6 Å². The van der Waals surface area contributed by atoms with Crippen LogP contribution in [0.5, 0.6) is 0 Å². The Labute approximate surface area is 253 Å². The number of hydrogen-bond donors (Lipinski definition) is 1. The Balaban J connectivity index is 1.08. The molecule has 1 saturated carbocycles. The summed E-state index contributed by atoms with van der Waals surface area (Å²) >= 11 is 1.40. The van der Waals surface area contributed by atoms with E-state index in [1.54, 1.807) is 4.90 Å². The minimum atomic E-state index is -0.379. The molecule has 1 aromatic carbocycles. The zero-order valence-corrected chi connectivity index (χ0v) is 25.3. The van der Waals surface area contributed by atoms with Crippen molar-refractivity contribution in [3.8, 4) is 17.3 Å². The molecule has 12 heteroatoms. The van der Waals surface area contributed by atoms with Crippen molar-refractivity contribution in [2.75, 3.05) is 56.1 Å². The number of rotatable bonds is 5.